The Labute approximate surface area is 94.8 Å². The number of aromatic nitrogens is 3. The van der Waals surface area contributed by atoms with Gasteiger partial charge in [0, 0.05) is 12.7 Å². The van der Waals surface area contributed by atoms with Gasteiger partial charge in [-0.1, -0.05) is 13.0 Å². The van der Waals surface area contributed by atoms with Crippen LogP contribution in [0, 0.1) is 0 Å². The van der Waals surface area contributed by atoms with Gasteiger partial charge >= 0.3 is 0 Å². The fraction of sp³-hybridized carbons (Fsp3) is 0.250. The Morgan fingerprint density at radius 3 is 2.56 bits per heavy atom. The smallest absolute Gasteiger partial charge is 0.178 e. The number of rotatable bonds is 4. The third-order valence-electron chi connectivity index (χ3n) is 2.12. The molecule has 0 atom stereocenters. The predicted molar refractivity (Wildman–Crippen MR) is 64.0 cm³/mol. The predicted octanol–water partition coefficient (Wildman–Crippen LogP) is 2.36. The molecule has 16 heavy (non-hydrogen) atoms. The number of nitrogens with zero attached hydrogens (tertiary/aromatic N) is 3. The number of hydrogen-bond acceptors (Lipinski definition) is 4. The van der Waals surface area contributed by atoms with Crippen molar-refractivity contribution in [3.63, 3.8) is 0 Å². The van der Waals surface area contributed by atoms with E-state index in [2.05, 4.69) is 27.2 Å². The highest BCUT2D eigenvalue weighted by molar-refractivity contribution is 5.50. The molecule has 0 fully saturated rings. The second-order valence-electron chi connectivity index (χ2n) is 3.44. The lowest BCUT2D eigenvalue weighted by molar-refractivity contribution is 0.973. The van der Waals surface area contributed by atoms with E-state index in [9.17, 15) is 0 Å². The Balaban J connectivity index is 2.13. The fourth-order valence-corrected chi connectivity index (χ4v) is 1.32. The van der Waals surface area contributed by atoms with Crippen LogP contribution in [-0.4, -0.2) is 21.5 Å². The van der Waals surface area contributed by atoms with Gasteiger partial charge in [-0.15, -0.1) is 0 Å². The van der Waals surface area contributed by atoms with Gasteiger partial charge in [0.05, 0.1) is 18.1 Å². The van der Waals surface area contributed by atoms with E-state index in [1.807, 2.05) is 18.2 Å². The zero-order valence-electron chi connectivity index (χ0n) is 9.22. The summed E-state index contributed by atoms with van der Waals surface area (Å²) in [7, 11) is 0. The summed E-state index contributed by atoms with van der Waals surface area (Å²) in [6.45, 7) is 3.06. The standard InChI is InChI=1S/C12H14N4/c1-2-6-13-10-8-15-12(16-9-10)11-5-3-4-7-14-11/h3-5,7-9,13H,2,6H2,1H3. The summed E-state index contributed by atoms with van der Waals surface area (Å²) in [5.41, 5.74) is 1.74. The van der Waals surface area contributed by atoms with Gasteiger partial charge in [0.25, 0.3) is 0 Å². The lowest BCUT2D eigenvalue weighted by Crippen LogP contribution is -2.01. The Bertz CT molecular complexity index is 425. The lowest BCUT2D eigenvalue weighted by atomic mass is 10.3. The van der Waals surface area contributed by atoms with Gasteiger partial charge in [0.15, 0.2) is 5.82 Å². The van der Waals surface area contributed by atoms with Crippen LogP contribution in [0.15, 0.2) is 36.8 Å². The molecule has 0 radical (unpaired) electrons. The average Bonchev–Trinajstić information content (AvgIpc) is 2.38. The van der Waals surface area contributed by atoms with E-state index in [4.69, 9.17) is 0 Å². The summed E-state index contributed by atoms with van der Waals surface area (Å²) < 4.78 is 0. The van der Waals surface area contributed by atoms with Crippen LogP contribution in [0.5, 0.6) is 0 Å². The molecular formula is C12H14N4. The molecule has 2 aromatic heterocycles. The van der Waals surface area contributed by atoms with Crippen molar-refractivity contribution in [2.45, 2.75) is 13.3 Å². The van der Waals surface area contributed by atoms with Crippen LogP contribution in [-0.2, 0) is 0 Å². The Hall–Kier alpha value is -1.97. The normalized spacial score (nSPS) is 10.1. The van der Waals surface area contributed by atoms with E-state index in [1.54, 1.807) is 18.6 Å². The molecule has 2 rings (SSSR count). The molecule has 4 heteroatoms. The largest absolute Gasteiger partial charge is 0.383 e. The first-order valence-corrected chi connectivity index (χ1v) is 5.37. The second-order valence-corrected chi connectivity index (χ2v) is 3.44. The van der Waals surface area contributed by atoms with Gasteiger partial charge in [0.2, 0.25) is 0 Å². The van der Waals surface area contributed by atoms with Crippen molar-refractivity contribution in [2.24, 2.45) is 0 Å². The van der Waals surface area contributed by atoms with Crippen LogP contribution in [0.4, 0.5) is 5.69 Å². The van der Waals surface area contributed by atoms with Gasteiger partial charge in [-0.2, -0.15) is 0 Å². The molecule has 0 aliphatic rings. The first-order valence-electron chi connectivity index (χ1n) is 5.37. The van der Waals surface area contributed by atoms with Crippen LogP contribution < -0.4 is 5.32 Å². The van der Waals surface area contributed by atoms with Crippen molar-refractivity contribution >= 4 is 5.69 Å². The van der Waals surface area contributed by atoms with Crippen LogP contribution in [0.3, 0.4) is 0 Å². The molecule has 2 heterocycles. The van der Waals surface area contributed by atoms with Gasteiger partial charge in [-0.3, -0.25) is 4.98 Å². The summed E-state index contributed by atoms with van der Waals surface area (Å²) >= 11 is 0. The van der Waals surface area contributed by atoms with Crippen molar-refractivity contribution in [2.75, 3.05) is 11.9 Å². The van der Waals surface area contributed by atoms with Crippen molar-refractivity contribution in [1.82, 2.24) is 15.0 Å². The molecule has 0 aromatic carbocycles. The summed E-state index contributed by atoms with van der Waals surface area (Å²) in [6, 6.07) is 5.70. The first-order chi connectivity index (χ1) is 7.90. The van der Waals surface area contributed by atoms with Crippen molar-refractivity contribution in [3.8, 4) is 11.5 Å². The zero-order valence-corrected chi connectivity index (χ0v) is 9.22. The molecule has 0 saturated heterocycles. The number of pyridine rings is 1. The van der Waals surface area contributed by atoms with Gasteiger partial charge in [0.1, 0.15) is 5.69 Å². The summed E-state index contributed by atoms with van der Waals surface area (Å²) in [4.78, 5) is 12.7. The molecule has 4 nitrogen and oxygen atoms in total. The van der Waals surface area contributed by atoms with E-state index in [0.29, 0.717) is 5.82 Å². The van der Waals surface area contributed by atoms with Gasteiger partial charge < -0.3 is 5.32 Å². The van der Waals surface area contributed by atoms with Gasteiger partial charge in [-0.05, 0) is 18.6 Å². The minimum atomic E-state index is 0.655. The lowest BCUT2D eigenvalue weighted by Gasteiger charge is -2.04. The Morgan fingerprint density at radius 2 is 1.94 bits per heavy atom. The third-order valence-corrected chi connectivity index (χ3v) is 2.12. The number of nitrogens with one attached hydrogen (secondary N) is 1. The molecule has 0 unspecified atom stereocenters. The molecule has 2 aromatic rings. The van der Waals surface area contributed by atoms with Crippen LogP contribution in [0.1, 0.15) is 13.3 Å². The average molecular weight is 214 g/mol. The van der Waals surface area contributed by atoms with Crippen molar-refractivity contribution in [3.05, 3.63) is 36.8 Å². The molecular weight excluding hydrogens is 200 g/mol. The molecule has 0 bridgehead atoms. The zero-order chi connectivity index (χ0) is 11.2. The molecule has 0 amide bonds. The minimum Gasteiger partial charge on any atom is -0.383 e. The van der Waals surface area contributed by atoms with Gasteiger partial charge in [-0.25, -0.2) is 9.97 Å². The minimum absolute atomic E-state index is 0.655. The maximum atomic E-state index is 4.27. The highest BCUT2D eigenvalue weighted by Gasteiger charge is 2.00. The topological polar surface area (TPSA) is 50.7 Å². The second kappa shape index (κ2) is 5.21. The highest BCUT2D eigenvalue weighted by Crippen LogP contribution is 2.11. The quantitative estimate of drug-likeness (QED) is 0.848. The van der Waals surface area contributed by atoms with Crippen molar-refractivity contribution < 1.29 is 0 Å². The summed E-state index contributed by atoms with van der Waals surface area (Å²) in [5.74, 6) is 0.655. The molecule has 0 spiro atoms. The van der Waals surface area contributed by atoms with E-state index in [0.717, 1.165) is 24.3 Å². The Kier molecular flexibility index (Phi) is 3.43. The molecule has 82 valence electrons. The van der Waals surface area contributed by atoms with Crippen molar-refractivity contribution in [1.29, 1.82) is 0 Å². The SMILES string of the molecule is CCCNc1cnc(-c2ccccn2)nc1. The Morgan fingerprint density at radius 1 is 1.12 bits per heavy atom. The first kappa shape index (κ1) is 10.5. The van der Waals surface area contributed by atoms with E-state index >= 15 is 0 Å². The van der Waals surface area contributed by atoms with Crippen LogP contribution in [0.25, 0.3) is 11.5 Å². The molecule has 0 aliphatic carbocycles. The van der Waals surface area contributed by atoms with Crippen LogP contribution in [0.2, 0.25) is 0 Å². The fourth-order valence-electron chi connectivity index (χ4n) is 1.32. The monoisotopic (exact) mass is 214 g/mol. The summed E-state index contributed by atoms with van der Waals surface area (Å²) in [5, 5.41) is 3.23. The maximum absolute atomic E-state index is 4.27. The number of anilines is 1. The molecule has 1 N–H and O–H groups in total. The highest BCUT2D eigenvalue weighted by atomic mass is 15.0. The van der Waals surface area contributed by atoms with E-state index in [-0.39, 0.29) is 0 Å². The molecule has 0 saturated carbocycles. The van der Waals surface area contributed by atoms with Crippen LogP contribution >= 0.6 is 0 Å². The maximum Gasteiger partial charge on any atom is 0.178 e. The summed E-state index contributed by atoms with van der Waals surface area (Å²) in [6.07, 6.45) is 6.39. The third kappa shape index (κ3) is 2.53. The van der Waals surface area contributed by atoms with E-state index in [1.165, 1.54) is 0 Å². The number of hydrogen-bond donors (Lipinski definition) is 1. The molecule has 0 aliphatic heterocycles. The van der Waals surface area contributed by atoms with E-state index < -0.39 is 0 Å².